The molecule has 1 N–H and O–H groups in total. The number of aromatic nitrogens is 1. The van der Waals surface area contributed by atoms with Crippen LogP contribution in [0.3, 0.4) is 0 Å². The van der Waals surface area contributed by atoms with Crippen LogP contribution in [0.1, 0.15) is 43.8 Å². The summed E-state index contributed by atoms with van der Waals surface area (Å²) in [7, 11) is 0. The van der Waals surface area contributed by atoms with E-state index >= 15 is 0 Å². The van der Waals surface area contributed by atoms with Crippen LogP contribution in [0.2, 0.25) is 0 Å². The number of carbonyl (C=O) groups is 2. The van der Waals surface area contributed by atoms with Gasteiger partial charge < -0.3 is 15.0 Å². The van der Waals surface area contributed by atoms with Gasteiger partial charge in [0.05, 0.1) is 5.52 Å². The summed E-state index contributed by atoms with van der Waals surface area (Å²) < 4.78 is 6.23. The maximum atomic E-state index is 13.0. The molecule has 176 valence electrons. The molecule has 1 fully saturated rings. The summed E-state index contributed by atoms with van der Waals surface area (Å²) in [5.41, 5.74) is 4.93. The third-order valence-electron chi connectivity index (χ3n) is 6.40. The summed E-state index contributed by atoms with van der Waals surface area (Å²) in [6.07, 6.45) is 2.80. The van der Waals surface area contributed by atoms with E-state index in [1.54, 1.807) is 12.3 Å². The highest BCUT2D eigenvalue weighted by Crippen LogP contribution is 2.32. The molecule has 5 rings (SSSR count). The van der Waals surface area contributed by atoms with E-state index in [-0.39, 0.29) is 11.8 Å². The number of likely N-dealkylation sites (tertiary alicyclic amines) is 1. The minimum absolute atomic E-state index is 0.0661. The van der Waals surface area contributed by atoms with E-state index in [2.05, 4.69) is 10.3 Å². The van der Waals surface area contributed by atoms with Crippen LogP contribution in [-0.2, 0) is 6.54 Å². The molecule has 1 saturated heterocycles. The lowest BCUT2D eigenvalue weighted by atomic mass is 10.1. The highest BCUT2D eigenvalue weighted by atomic mass is 16.5. The molecule has 0 bridgehead atoms. The van der Waals surface area contributed by atoms with Gasteiger partial charge in [-0.1, -0.05) is 24.3 Å². The van der Waals surface area contributed by atoms with Crippen molar-refractivity contribution in [1.29, 1.82) is 0 Å². The number of amides is 2. The molecule has 4 aromatic rings. The Kier molecular flexibility index (Phi) is 6.19. The van der Waals surface area contributed by atoms with Crippen molar-refractivity contribution in [2.75, 3.05) is 13.1 Å². The molecule has 6 heteroatoms. The number of fused-ring (bicyclic) bond motifs is 1. The van der Waals surface area contributed by atoms with E-state index in [1.165, 1.54) is 0 Å². The van der Waals surface area contributed by atoms with Gasteiger partial charge in [0.15, 0.2) is 0 Å². The number of ether oxygens (including phenoxy) is 1. The largest absolute Gasteiger partial charge is 0.456 e. The first-order valence-electron chi connectivity index (χ1n) is 11.8. The number of nitrogens with zero attached hydrogens (tertiary/aromatic N) is 2. The molecular weight excluding hydrogens is 438 g/mol. The molecule has 1 aliphatic heterocycles. The summed E-state index contributed by atoms with van der Waals surface area (Å²) >= 11 is 0. The van der Waals surface area contributed by atoms with Crippen molar-refractivity contribution in [3.8, 4) is 11.5 Å². The third kappa shape index (κ3) is 4.73. The fourth-order valence-corrected chi connectivity index (χ4v) is 4.15. The van der Waals surface area contributed by atoms with E-state index in [1.807, 2.05) is 79.4 Å². The average molecular weight is 466 g/mol. The number of carbonyl (C=O) groups excluding carboxylic acids is 2. The normalized spacial score (nSPS) is 12.8. The minimum Gasteiger partial charge on any atom is -0.456 e. The SMILES string of the molecule is Cc1ccc2c(Oc3cccc(C(=O)NCc4ccc(C(=O)N5CCC5)cc4)c3C)ccnc2c1. The lowest BCUT2D eigenvalue weighted by molar-refractivity contribution is 0.0651. The smallest absolute Gasteiger partial charge is 0.253 e. The van der Waals surface area contributed by atoms with Crippen LogP contribution in [-0.4, -0.2) is 34.8 Å². The van der Waals surface area contributed by atoms with E-state index in [0.717, 1.165) is 47.1 Å². The molecule has 0 radical (unpaired) electrons. The molecule has 0 spiro atoms. The van der Waals surface area contributed by atoms with Crippen LogP contribution in [0.25, 0.3) is 10.9 Å². The van der Waals surface area contributed by atoms with Crippen molar-refractivity contribution in [3.05, 3.63) is 101 Å². The molecule has 0 unspecified atom stereocenters. The zero-order chi connectivity index (χ0) is 24.4. The summed E-state index contributed by atoms with van der Waals surface area (Å²) in [6, 6.07) is 20.8. The first-order valence-corrected chi connectivity index (χ1v) is 11.8. The number of benzene rings is 3. The van der Waals surface area contributed by atoms with Crippen molar-refractivity contribution >= 4 is 22.7 Å². The molecule has 1 aliphatic rings. The molecule has 2 amide bonds. The second-order valence-electron chi connectivity index (χ2n) is 8.89. The molecule has 35 heavy (non-hydrogen) atoms. The first kappa shape index (κ1) is 22.6. The summed E-state index contributed by atoms with van der Waals surface area (Å²) in [5.74, 6) is 1.21. The van der Waals surface area contributed by atoms with Crippen molar-refractivity contribution in [2.45, 2.75) is 26.8 Å². The Balaban J connectivity index is 1.28. The van der Waals surface area contributed by atoms with Gasteiger partial charge in [0.25, 0.3) is 11.8 Å². The molecule has 0 atom stereocenters. The quantitative estimate of drug-likeness (QED) is 0.413. The van der Waals surface area contributed by atoms with E-state index in [9.17, 15) is 9.59 Å². The fraction of sp³-hybridized carbons (Fsp3) is 0.207. The van der Waals surface area contributed by atoms with Crippen LogP contribution in [0.15, 0.2) is 72.9 Å². The summed E-state index contributed by atoms with van der Waals surface area (Å²) in [4.78, 5) is 31.6. The maximum absolute atomic E-state index is 13.0. The second kappa shape index (κ2) is 9.58. The minimum atomic E-state index is -0.177. The van der Waals surface area contributed by atoms with Gasteiger partial charge in [-0.3, -0.25) is 14.6 Å². The van der Waals surface area contributed by atoms with Crippen LogP contribution in [0.4, 0.5) is 0 Å². The highest BCUT2D eigenvalue weighted by Gasteiger charge is 2.21. The van der Waals surface area contributed by atoms with Gasteiger partial charge >= 0.3 is 0 Å². The van der Waals surface area contributed by atoms with Crippen molar-refractivity contribution < 1.29 is 14.3 Å². The van der Waals surface area contributed by atoms with Crippen molar-refractivity contribution in [3.63, 3.8) is 0 Å². The summed E-state index contributed by atoms with van der Waals surface area (Å²) in [6.45, 7) is 5.94. The second-order valence-corrected chi connectivity index (χ2v) is 8.89. The Morgan fingerprint density at radius 1 is 0.971 bits per heavy atom. The number of aryl methyl sites for hydroxylation is 1. The monoisotopic (exact) mass is 465 g/mol. The molecular formula is C29H27N3O3. The Labute approximate surface area is 204 Å². The van der Waals surface area contributed by atoms with Crippen LogP contribution in [0, 0.1) is 13.8 Å². The van der Waals surface area contributed by atoms with E-state index in [4.69, 9.17) is 4.74 Å². The van der Waals surface area contributed by atoms with Crippen LogP contribution < -0.4 is 10.1 Å². The van der Waals surface area contributed by atoms with Gasteiger partial charge in [-0.25, -0.2) is 0 Å². The predicted molar refractivity (Wildman–Crippen MR) is 136 cm³/mol. The average Bonchev–Trinajstić information content (AvgIpc) is 2.83. The number of pyridine rings is 1. The van der Waals surface area contributed by atoms with Gasteiger partial charge in [-0.15, -0.1) is 0 Å². The van der Waals surface area contributed by atoms with Crippen molar-refractivity contribution in [2.24, 2.45) is 0 Å². The molecule has 0 saturated carbocycles. The Bertz CT molecular complexity index is 1410. The summed E-state index contributed by atoms with van der Waals surface area (Å²) in [5, 5.41) is 3.90. The van der Waals surface area contributed by atoms with Crippen LogP contribution in [0.5, 0.6) is 11.5 Å². The standard InChI is InChI=1S/C29H27N3O3/c1-19-7-12-24-25(17-19)30-14-13-27(24)35-26-6-3-5-23(20(26)2)28(33)31-18-21-8-10-22(11-9-21)29(34)32-15-4-16-32/h3,5-14,17H,4,15-16,18H2,1-2H3,(H,31,33). The van der Waals surface area contributed by atoms with Gasteiger partial charge in [0, 0.05) is 47.9 Å². The topological polar surface area (TPSA) is 71.5 Å². The Morgan fingerprint density at radius 3 is 2.51 bits per heavy atom. The number of hydrogen-bond acceptors (Lipinski definition) is 4. The number of hydrogen-bond donors (Lipinski definition) is 1. The highest BCUT2D eigenvalue weighted by molar-refractivity contribution is 5.96. The van der Waals surface area contributed by atoms with Gasteiger partial charge in [0.2, 0.25) is 0 Å². The predicted octanol–water partition coefficient (Wildman–Crippen LogP) is 5.42. The fourth-order valence-electron chi connectivity index (χ4n) is 4.15. The molecule has 1 aromatic heterocycles. The van der Waals surface area contributed by atoms with Gasteiger partial charge in [-0.2, -0.15) is 0 Å². The molecule has 2 heterocycles. The lowest BCUT2D eigenvalue weighted by Gasteiger charge is -2.30. The number of rotatable bonds is 6. The van der Waals surface area contributed by atoms with Crippen molar-refractivity contribution in [1.82, 2.24) is 15.2 Å². The lowest BCUT2D eigenvalue weighted by Crippen LogP contribution is -2.42. The third-order valence-corrected chi connectivity index (χ3v) is 6.40. The molecule has 3 aromatic carbocycles. The Hall–Kier alpha value is -4.19. The zero-order valence-electron chi connectivity index (χ0n) is 19.9. The Morgan fingerprint density at radius 2 is 1.77 bits per heavy atom. The van der Waals surface area contributed by atoms with E-state index in [0.29, 0.717) is 29.2 Å². The maximum Gasteiger partial charge on any atom is 0.253 e. The molecule has 0 aliphatic carbocycles. The van der Waals surface area contributed by atoms with Gasteiger partial charge in [0.1, 0.15) is 11.5 Å². The van der Waals surface area contributed by atoms with Gasteiger partial charge in [-0.05, 0) is 73.9 Å². The number of nitrogens with one attached hydrogen (secondary N) is 1. The first-order chi connectivity index (χ1) is 17.0. The van der Waals surface area contributed by atoms with Crippen LogP contribution >= 0.6 is 0 Å². The van der Waals surface area contributed by atoms with E-state index < -0.39 is 0 Å². The molecule has 6 nitrogen and oxygen atoms in total. The zero-order valence-corrected chi connectivity index (χ0v) is 19.9.